The van der Waals surface area contributed by atoms with Crippen LogP contribution < -0.4 is 10.6 Å². The Morgan fingerprint density at radius 2 is 2.14 bits per heavy atom. The van der Waals surface area contributed by atoms with Crippen LogP contribution in [-0.2, 0) is 6.54 Å². The Labute approximate surface area is 128 Å². The number of benzene rings is 1. The zero-order valence-electron chi connectivity index (χ0n) is 12.3. The molecule has 0 fully saturated rings. The lowest BCUT2D eigenvalue weighted by Gasteiger charge is -2.18. The molecule has 0 spiro atoms. The number of rotatable bonds is 6. The van der Waals surface area contributed by atoms with Crippen molar-refractivity contribution in [3.63, 3.8) is 0 Å². The zero-order valence-corrected chi connectivity index (χ0v) is 13.1. The van der Waals surface area contributed by atoms with E-state index >= 15 is 0 Å². The standard InChI is InChI=1S/C15H21N3O2S/c1-10(2)7-11(9-19)17-15(20)16-8-14-18-12-5-3-4-6-13(12)21-14/h3-6,10-11,19H,7-9H2,1-2H3,(H2,16,17,20). The molecule has 5 nitrogen and oxygen atoms in total. The molecule has 1 heterocycles. The second kappa shape index (κ2) is 7.38. The Bertz CT molecular complexity index is 564. The molecule has 0 radical (unpaired) electrons. The second-order valence-corrected chi connectivity index (χ2v) is 6.53. The molecule has 0 aliphatic rings. The average molecular weight is 307 g/mol. The third kappa shape index (κ3) is 4.68. The quantitative estimate of drug-likeness (QED) is 0.767. The Morgan fingerprint density at radius 1 is 1.38 bits per heavy atom. The smallest absolute Gasteiger partial charge is 0.315 e. The van der Waals surface area contributed by atoms with Crippen LogP contribution in [0.2, 0.25) is 0 Å². The molecule has 0 saturated heterocycles. The molecule has 2 rings (SSSR count). The van der Waals surface area contributed by atoms with E-state index in [4.69, 9.17) is 0 Å². The highest BCUT2D eigenvalue weighted by atomic mass is 32.1. The van der Waals surface area contributed by atoms with Crippen LogP contribution in [0.25, 0.3) is 10.2 Å². The first-order valence-corrected chi connectivity index (χ1v) is 7.89. The third-order valence-electron chi connectivity index (χ3n) is 3.05. The van der Waals surface area contributed by atoms with Crippen molar-refractivity contribution in [3.05, 3.63) is 29.3 Å². The molecule has 2 aromatic rings. The van der Waals surface area contributed by atoms with Crippen LogP contribution >= 0.6 is 11.3 Å². The molecule has 0 aliphatic carbocycles. The van der Waals surface area contributed by atoms with Crippen LogP contribution in [0.3, 0.4) is 0 Å². The maximum atomic E-state index is 11.8. The lowest BCUT2D eigenvalue weighted by Crippen LogP contribution is -2.44. The van der Waals surface area contributed by atoms with Gasteiger partial charge in [-0.25, -0.2) is 9.78 Å². The van der Waals surface area contributed by atoms with E-state index in [-0.39, 0.29) is 18.7 Å². The number of carbonyl (C=O) groups is 1. The van der Waals surface area contributed by atoms with Crippen molar-refractivity contribution >= 4 is 27.6 Å². The number of hydrogen-bond donors (Lipinski definition) is 3. The highest BCUT2D eigenvalue weighted by Crippen LogP contribution is 2.21. The maximum absolute atomic E-state index is 11.8. The van der Waals surface area contributed by atoms with Gasteiger partial charge in [-0.2, -0.15) is 0 Å². The zero-order chi connectivity index (χ0) is 15.2. The summed E-state index contributed by atoms with van der Waals surface area (Å²) in [5.74, 6) is 0.423. The average Bonchev–Trinajstić information content (AvgIpc) is 2.86. The van der Waals surface area contributed by atoms with Crippen LogP contribution in [0.4, 0.5) is 4.79 Å². The van der Waals surface area contributed by atoms with Gasteiger partial charge in [-0.3, -0.25) is 0 Å². The molecule has 6 heteroatoms. The van der Waals surface area contributed by atoms with Gasteiger partial charge in [0.25, 0.3) is 0 Å². The number of thiazole rings is 1. The van der Waals surface area contributed by atoms with Crippen LogP contribution in [0.5, 0.6) is 0 Å². The van der Waals surface area contributed by atoms with Gasteiger partial charge in [-0.1, -0.05) is 26.0 Å². The molecular weight excluding hydrogens is 286 g/mol. The highest BCUT2D eigenvalue weighted by Gasteiger charge is 2.13. The molecule has 114 valence electrons. The molecule has 0 aliphatic heterocycles. The normalized spacial score (nSPS) is 12.6. The fraction of sp³-hybridized carbons (Fsp3) is 0.467. The van der Waals surface area contributed by atoms with Crippen LogP contribution in [0, 0.1) is 5.92 Å². The molecule has 3 N–H and O–H groups in total. The lowest BCUT2D eigenvalue weighted by atomic mass is 10.0. The third-order valence-corrected chi connectivity index (χ3v) is 4.09. The first-order valence-electron chi connectivity index (χ1n) is 7.08. The second-order valence-electron chi connectivity index (χ2n) is 5.41. The number of amides is 2. The van der Waals surface area contributed by atoms with Crippen molar-refractivity contribution in [1.82, 2.24) is 15.6 Å². The van der Waals surface area contributed by atoms with Crippen molar-refractivity contribution in [3.8, 4) is 0 Å². The topological polar surface area (TPSA) is 74.2 Å². The van der Waals surface area contributed by atoms with Crippen molar-refractivity contribution in [1.29, 1.82) is 0 Å². The number of aliphatic hydroxyl groups is 1. The van der Waals surface area contributed by atoms with Crippen LogP contribution in [0.15, 0.2) is 24.3 Å². The minimum Gasteiger partial charge on any atom is -0.394 e. The number of aromatic nitrogens is 1. The number of aliphatic hydroxyl groups excluding tert-OH is 1. The predicted molar refractivity (Wildman–Crippen MR) is 85.3 cm³/mol. The van der Waals surface area contributed by atoms with E-state index in [2.05, 4.69) is 29.5 Å². The first kappa shape index (κ1) is 15.7. The molecule has 2 amide bonds. The number of urea groups is 1. The van der Waals surface area contributed by atoms with Gasteiger partial charge in [0, 0.05) is 0 Å². The predicted octanol–water partition coefficient (Wildman–Crippen LogP) is 2.50. The van der Waals surface area contributed by atoms with Crippen molar-refractivity contribution in [2.24, 2.45) is 5.92 Å². The van der Waals surface area contributed by atoms with E-state index in [1.165, 1.54) is 0 Å². The number of nitrogens with zero attached hydrogens (tertiary/aromatic N) is 1. The molecule has 1 unspecified atom stereocenters. The summed E-state index contributed by atoms with van der Waals surface area (Å²) in [6.07, 6.45) is 0.755. The van der Waals surface area contributed by atoms with Crippen molar-refractivity contribution < 1.29 is 9.90 Å². The van der Waals surface area contributed by atoms with E-state index < -0.39 is 0 Å². The van der Waals surface area contributed by atoms with E-state index in [0.717, 1.165) is 21.6 Å². The van der Waals surface area contributed by atoms with Gasteiger partial charge in [0.2, 0.25) is 0 Å². The number of nitrogens with one attached hydrogen (secondary N) is 2. The summed E-state index contributed by atoms with van der Waals surface area (Å²) in [4.78, 5) is 16.3. The van der Waals surface area contributed by atoms with Crippen molar-refractivity contribution in [2.45, 2.75) is 32.9 Å². The SMILES string of the molecule is CC(C)CC(CO)NC(=O)NCc1nc2ccccc2s1. The van der Waals surface area contributed by atoms with E-state index in [9.17, 15) is 9.90 Å². The van der Waals surface area contributed by atoms with Gasteiger partial charge in [-0.05, 0) is 24.5 Å². The number of fused-ring (bicyclic) bond motifs is 1. The number of hydrogen-bond acceptors (Lipinski definition) is 4. The van der Waals surface area contributed by atoms with Gasteiger partial charge in [0.1, 0.15) is 5.01 Å². The lowest BCUT2D eigenvalue weighted by molar-refractivity contribution is 0.206. The molecule has 21 heavy (non-hydrogen) atoms. The highest BCUT2D eigenvalue weighted by molar-refractivity contribution is 7.18. The molecule has 0 bridgehead atoms. The molecule has 1 aromatic carbocycles. The monoisotopic (exact) mass is 307 g/mol. The first-order chi connectivity index (χ1) is 10.1. The van der Waals surface area contributed by atoms with E-state index in [1.54, 1.807) is 11.3 Å². The largest absolute Gasteiger partial charge is 0.394 e. The van der Waals surface area contributed by atoms with Gasteiger partial charge in [-0.15, -0.1) is 11.3 Å². The Balaban J connectivity index is 1.85. The maximum Gasteiger partial charge on any atom is 0.315 e. The van der Waals surface area contributed by atoms with Gasteiger partial charge in [0.15, 0.2) is 0 Å². The fourth-order valence-electron chi connectivity index (χ4n) is 2.14. The summed E-state index contributed by atoms with van der Waals surface area (Å²) < 4.78 is 1.11. The fourth-order valence-corrected chi connectivity index (χ4v) is 3.04. The molecule has 0 saturated carbocycles. The number of carbonyl (C=O) groups excluding carboxylic acids is 1. The molecule has 1 atom stereocenters. The summed E-state index contributed by atoms with van der Waals surface area (Å²) in [5, 5.41) is 15.7. The van der Waals surface area contributed by atoms with Gasteiger partial charge < -0.3 is 15.7 Å². The summed E-state index contributed by atoms with van der Waals surface area (Å²) in [7, 11) is 0. The van der Waals surface area contributed by atoms with E-state index in [0.29, 0.717) is 12.5 Å². The number of para-hydroxylation sites is 1. The van der Waals surface area contributed by atoms with E-state index in [1.807, 2.05) is 24.3 Å². The Kier molecular flexibility index (Phi) is 5.52. The molecular formula is C15H21N3O2S. The Morgan fingerprint density at radius 3 is 2.81 bits per heavy atom. The summed E-state index contributed by atoms with van der Waals surface area (Å²) in [5.41, 5.74) is 0.952. The van der Waals surface area contributed by atoms with Gasteiger partial charge >= 0.3 is 6.03 Å². The minimum absolute atomic E-state index is 0.0489. The Hall–Kier alpha value is -1.66. The summed E-state index contributed by atoms with van der Waals surface area (Å²) in [6.45, 7) is 4.46. The van der Waals surface area contributed by atoms with Crippen molar-refractivity contribution in [2.75, 3.05) is 6.61 Å². The summed E-state index contributed by atoms with van der Waals surface area (Å²) in [6, 6.07) is 7.42. The van der Waals surface area contributed by atoms with Crippen LogP contribution in [-0.4, -0.2) is 28.8 Å². The minimum atomic E-state index is -0.269. The van der Waals surface area contributed by atoms with Gasteiger partial charge in [0.05, 0.1) is 29.4 Å². The summed E-state index contributed by atoms with van der Waals surface area (Å²) >= 11 is 1.57. The van der Waals surface area contributed by atoms with Crippen LogP contribution in [0.1, 0.15) is 25.3 Å². The molecule has 1 aromatic heterocycles.